The van der Waals surface area contributed by atoms with E-state index in [2.05, 4.69) is 0 Å². The van der Waals surface area contributed by atoms with Gasteiger partial charge in [0, 0.05) is 24.0 Å². The Morgan fingerprint density at radius 1 is 0.909 bits per heavy atom. The van der Waals surface area contributed by atoms with Crippen LogP contribution in [0.1, 0.15) is 37.5 Å². The first-order valence-corrected chi connectivity index (χ1v) is 14.4. The molecule has 1 N–H and O–H groups in total. The van der Waals surface area contributed by atoms with Gasteiger partial charge < -0.3 is 33.5 Å². The van der Waals surface area contributed by atoms with Crippen LogP contribution in [-0.4, -0.2) is 63.9 Å². The minimum absolute atomic E-state index is 0.0466. The second-order valence-electron chi connectivity index (χ2n) is 11.6. The number of fused-ring (bicyclic) bond motifs is 1. The number of nitrogens with zero attached hydrogens (tertiary/aromatic N) is 1. The second-order valence-corrected chi connectivity index (χ2v) is 11.6. The number of rotatable bonds is 11. The van der Waals surface area contributed by atoms with Crippen molar-refractivity contribution in [2.45, 2.75) is 51.7 Å². The maximum absolute atomic E-state index is 13.7. The molecule has 4 rings (SSSR count). The molecule has 3 aromatic rings. The molecule has 0 saturated heterocycles. The molecule has 1 unspecified atom stereocenters. The predicted octanol–water partition coefficient (Wildman–Crippen LogP) is 5.95. The van der Waals surface area contributed by atoms with Gasteiger partial charge in [-0.2, -0.15) is 0 Å². The molecule has 0 spiro atoms. The predicted molar refractivity (Wildman–Crippen MR) is 166 cm³/mol. The fourth-order valence-corrected chi connectivity index (χ4v) is 5.42. The quantitative estimate of drug-likeness (QED) is 0.282. The van der Waals surface area contributed by atoms with Gasteiger partial charge in [0.2, 0.25) is 5.75 Å². The standard InChI is InChI=1S/C34H41NO9/c1-34(2,3)44-33(38)35(26(32(36)37)17-21-11-9-8-10-12-21)25-18-22(13-14-27(25)39-4)15-23-16-24-28(43-20-23)19-29(40-5)31(42-7)30(24)41-6/h8-14,18-19,23,26H,15-17,20H2,1-7H3,(H,36,37)/t23?,26-/m0/s1. The molecule has 0 radical (unpaired) electrons. The van der Waals surface area contributed by atoms with E-state index in [9.17, 15) is 14.7 Å². The highest BCUT2D eigenvalue weighted by atomic mass is 16.6. The van der Waals surface area contributed by atoms with Crippen LogP contribution in [0.2, 0.25) is 0 Å². The third-order valence-corrected chi connectivity index (χ3v) is 7.35. The number of benzene rings is 3. The Hall–Kier alpha value is -4.60. The van der Waals surface area contributed by atoms with Crippen molar-refractivity contribution >= 4 is 17.7 Å². The summed E-state index contributed by atoms with van der Waals surface area (Å²) in [5.41, 5.74) is 1.96. The highest BCUT2D eigenvalue weighted by Crippen LogP contribution is 2.48. The van der Waals surface area contributed by atoms with E-state index in [1.807, 2.05) is 36.4 Å². The lowest BCUT2D eigenvalue weighted by atomic mass is 9.89. The fraction of sp³-hybridized carbons (Fsp3) is 0.412. The average molecular weight is 608 g/mol. The summed E-state index contributed by atoms with van der Waals surface area (Å²) in [6, 6.07) is 15.2. The normalized spacial score (nSPS) is 14.8. The van der Waals surface area contributed by atoms with Gasteiger partial charge in [0.25, 0.3) is 0 Å². The number of ether oxygens (including phenoxy) is 6. The van der Waals surface area contributed by atoms with Gasteiger partial charge in [0.1, 0.15) is 23.1 Å². The molecule has 44 heavy (non-hydrogen) atoms. The maximum Gasteiger partial charge on any atom is 0.415 e. The number of aliphatic carboxylic acids is 1. The molecule has 0 saturated carbocycles. The lowest BCUT2D eigenvalue weighted by Gasteiger charge is -2.33. The summed E-state index contributed by atoms with van der Waals surface area (Å²) in [5, 5.41) is 10.4. The zero-order chi connectivity index (χ0) is 32.0. The number of hydrogen-bond donors (Lipinski definition) is 1. The Kier molecular flexibility index (Phi) is 10.1. The second kappa shape index (κ2) is 13.8. The van der Waals surface area contributed by atoms with Gasteiger partial charge in [0.15, 0.2) is 11.5 Å². The number of hydrogen-bond acceptors (Lipinski definition) is 8. The van der Waals surface area contributed by atoms with Crippen molar-refractivity contribution in [3.63, 3.8) is 0 Å². The number of methoxy groups -OCH3 is 4. The molecule has 1 amide bonds. The van der Waals surface area contributed by atoms with Gasteiger partial charge in [0.05, 0.1) is 40.7 Å². The molecule has 0 fully saturated rings. The average Bonchev–Trinajstić information content (AvgIpc) is 2.99. The van der Waals surface area contributed by atoms with Crippen molar-refractivity contribution in [1.29, 1.82) is 0 Å². The molecule has 1 aliphatic rings. The lowest BCUT2D eigenvalue weighted by molar-refractivity contribution is -0.138. The topological polar surface area (TPSA) is 113 Å². The summed E-state index contributed by atoms with van der Waals surface area (Å²) in [5.74, 6) is 1.48. The molecular weight excluding hydrogens is 566 g/mol. The molecule has 3 aromatic carbocycles. The lowest BCUT2D eigenvalue weighted by Crippen LogP contribution is -2.49. The largest absolute Gasteiger partial charge is 0.495 e. The van der Waals surface area contributed by atoms with Crippen LogP contribution < -0.4 is 28.6 Å². The van der Waals surface area contributed by atoms with Crippen LogP contribution in [-0.2, 0) is 28.8 Å². The van der Waals surface area contributed by atoms with Gasteiger partial charge in [-0.05, 0) is 56.9 Å². The maximum atomic E-state index is 13.7. The number of carbonyl (C=O) groups excluding carboxylic acids is 1. The minimum Gasteiger partial charge on any atom is -0.495 e. The Labute approximate surface area is 258 Å². The van der Waals surface area contributed by atoms with Crippen molar-refractivity contribution in [3.8, 4) is 28.7 Å². The highest BCUT2D eigenvalue weighted by molar-refractivity contribution is 5.97. The summed E-state index contributed by atoms with van der Waals surface area (Å²) in [7, 11) is 6.19. The molecule has 236 valence electrons. The minimum atomic E-state index is -1.26. The van der Waals surface area contributed by atoms with E-state index in [0.29, 0.717) is 53.9 Å². The van der Waals surface area contributed by atoms with E-state index in [4.69, 9.17) is 28.4 Å². The number of carboxylic acid groups (broad SMARTS) is 1. The molecule has 1 heterocycles. The van der Waals surface area contributed by atoms with Crippen LogP contribution in [0.15, 0.2) is 54.6 Å². The fourth-order valence-electron chi connectivity index (χ4n) is 5.42. The van der Waals surface area contributed by atoms with Gasteiger partial charge >= 0.3 is 12.1 Å². The van der Waals surface area contributed by atoms with E-state index in [1.54, 1.807) is 60.3 Å². The van der Waals surface area contributed by atoms with E-state index in [-0.39, 0.29) is 12.3 Å². The van der Waals surface area contributed by atoms with Gasteiger partial charge in [-0.1, -0.05) is 36.4 Å². The number of carbonyl (C=O) groups is 2. The third kappa shape index (κ3) is 7.30. The van der Waals surface area contributed by atoms with Crippen molar-refractivity contribution in [3.05, 3.63) is 71.3 Å². The van der Waals surface area contributed by atoms with Gasteiger partial charge in [-0.25, -0.2) is 9.59 Å². The van der Waals surface area contributed by atoms with Crippen molar-refractivity contribution < 1.29 is 43.1 Å². The van der Waals surface area contributed by atoms with Gasteiger partial charge in [-0.15, -0.1) is 0 Å². The SMILES string of the molecule is COc1ccc(CC2COc3cc(OC)c(OC)c(OC)c3C2)cc1N(C(=O)OC(C)(C)C)[C@@H](Cc1ccccc1)C(=O)O. The zero-order valence-corrected chi connectivity index (χ0v) is 26.3. The van der Waals surface area contributed by atoms with Crippen LogP contribution >= 0.6 is 0 Å². The number of amides is 1. The highest BCUT2D eigenvalue weighted by Gasteiger charge is 2.37. The van der Waals surface area contributed by atoms with Crippen molar-refractivity contribution in [2.75, 3.05) is 39.9 Å². The molecule has 10 heteroatoms. The van der Waals surface area contributed by atoms with Crippen LogP contribution in [0.25, 0.3) is 0 Å². The van der Waals surface area contributed by atoms with Crippen molar-refractivity contribution in [2.24, 2.45) is 5.92 Å². The molecule has 0 aliphatic carbocycles. The molecule has 10 nitrogen and oxygen atoms in total. The first-order valence-electron chi connectivity index (χ1n) is 14.4. The monoisotopic (exact) mass is 607 g/mol. The third-order valence-electron chi connectivity index (χ3n) is 7.35. The molecular formula is C34H41NO9. The van der Waals surface area contributed by atoms with Crippen molar-refractivity contribution in [1.82, 2.24) is 0 Å². The number of anilines is 1. The van der Waals surface area contributed by atoms with Crippen LogP contribution in [0.3, 0.4) is 0 Å². The van der Waals surface area contributed by atoms with E-state index in [0.717, 1.165) is 16.7 Å². The molecule has 0 bridgehead atoms. The Balaban J connectivity index is 1.71. The summed E-state index contributed by atoms with van der Waals surface area (Å²) in [6.07, 6.45) is 0.507. The van der Waals surface area contributed by atoms with Gasteiger partial charge in [-0.3, -0.25) is 4.90 Å². The summed E-state index contributed by atoms with van der Waals surface area (Å²) in [4.78, 5) is 27.6. The number of carboxylic acids is 1. The summed E-state index contributed by atoms with van der Waals surface area (Å²) >= 11 is 0. The van der Waals surface area contributed by atoms with Crippen LogP contribution in [0, 0.1) is 5.92 Å². The summed E-state index contributed by atoms with van der Waals surface area (Å²) < 4.78 is 34.3. The van der Waals surface area contributed by atoms with Crippen LogP contribution in [0.5, 0.6) is 28.7 Å². The first-order chi connectivity index (χ1) is 21.0. The summed E-state index contributed by atoms with van der Waals surface area (Å²) in [6.45, 7) is 5.66. The smallest absolute Gasteiger partial charge is 0.415 e. The van der Waals surface area contributed by atoms with E-state index in [1.165, 1.54) is 12.0 Å². The Morgan fingerprint density at radius 3 is 2.18 bits per heavy atom. The molecule has 1 aliphatic heterocycles. The molecule has 2 atom stereocenters. The van der Waals surface area contributed by atoms with Crippen LogP contribution in [0.4, 0.5) is 10.5 Å². The van der Waals surface area contributed by atoms with E-state index < -0.39 is 23.7 Å². The Bertz CT molecular complexity index is 1470. The van der Waals surface area contributed by atoms with E-state index >= 15 is 0 Å². The Morgan fingerprint density at radius 2 is 1.59 bits per heavy atom. The zero-order valence-electron chi connectivity index (χ0n) is 26.3. The first kappa shape index (κ1) is 32.3. The molecule has 0 aromatic heterocycles.